The minimum atomic E-state index is -0.167. The molecule has 4 heteroatoms. The second kappa shape index (κ2) is 6.89. The maximum atomic E-state index is 13.6. The fourth-order valence-electron chi connectivity index (χ4n) is 1.43. The summed E-state index contributed by atoms with van der Waals surface area (Å²) in [6, 6.07) is 5.12. The Morgan fingerprint density at radius 1 is 1.50 bits per heavy atom. The van der Waals surface area contributed by atoms with Gasteiger partial charge in [0.1, 0.15) is 5.82 Å². The van der Waals surface area contributed by atoms with Crippen molar-refractivity contribution in [2.75, 3.05) is 19.5 Å². The monoisotopic (exact) mass is 243 g/mol. The fourth-order valence-corrected chi connectivity index (χ4v) is 2.43. The van der Waals surface area contributed by atoms with E-state index in [4.69, 9.17) is 10.5 Å². The summed E-state index contributed by atoms with van der Waals surface area (Å²) in [6.45, 7) is 2.55. The van der Waals surface area contributed by atoms with E-state index in [9.17, 15) is 4.39 Å². The van der Waals surface area contributed by atoms with Gasteiger partial charge in [-0.25, -0.2) is 4.39 Å². The van der Waals surface area contributed by atoms with Crippen LogP contribution in [0.15, 0.2) is 23.1 Å². The van der Waals surface area contributed by atoms with Gasteiger partial charge in [0.15, 0.2) is 0 Å². The summed E-state index contributed by atoms with van der Waals surface area (Å²) in [5.41, 5.74) is 6.44. The minimum absolute atomic E-state index is 0.0290. The minimum Gasteiger partial charge on any atom is -0.384 e. The summed E-state index contributed by atoms with van der Waals surface area (Å²) < 4.78 is 18.6. The van der Waals surface area contributed by atoms with E-state index < -0.39 is 0 Å². The van der Waals surface area contributed by atoms with Gasteiger partial charge in [-0.3, -0.25) is 0 Å². The molecule has 0 spiro atoms. The number of halogens is 1. The van der Waals surface area contributed by atoms with E-state index in [0.717, 1.165) is 16.2 Å². The molecule has 1 aromatic rings. The van der Waals surface area contributed by atoms with E-state index in [0.29, 0.717) is 13.0 Å². The van der Waals surface area contributed by atoms with Crippen LogP contribution in [0.5, 0.6) is 0 Å². The SMILES string of the molecule is COCCSc1cccc(F)c1CC(C)N. The molecule has 2 nitrogen and oxygen atoms in total. The molecular weight excluding hydrogens is 225 g/mol. The first-order chi connectivity index (χ1) is 7.65. The van der Waals surface area contributed by atoms with Gasteiger partial charge in [-0.15, -0.1) is 11.8 Å². The molecular formula is C12H18FNOS. The summed E-state index contributed by atoms with van der Waals surface area (Å²) in [6.07, 6.45) is 0.571. The molecule has 0 saturated heterocycles. The maximum Gasteiger partial charge on any atom is 0.127 e. The number of rotatable bonds is 6. The van der Waals surface area contributed by atoms with E-state index >= 15 is 0 Å². The fraction of sp³-hybridized carbons (Fsp3) is 0.500. The van der Waals surface area contributed by atoms with Crippen molar-refractivity contribution in [2.24, 2.45) is 5.73 Å². The molecule has 0 bridgehead atoms. The topological polar surface area (TPSA) is 35.2 Å². The summed E-state index contributed by atoms with van der Waals surface area (Å²) in [5, 5.41) is 0. The number of hydrogen-bond donors (Lipinski definition) is 1. The van der Waals surface area contributed by atoms with Crippen LogP contribution in [0.1, 0.15) is 12.5 Å². The predicted molar refractivity (Wildman–Crippen MR) is 66.4 cm³/mol. The van der Waals surface area contributed by atoms with Crippen LogP contribution in [0, 0.1) is 5.82 Å². The number of thioether (sulfide) groups is 1. The van der Waals surface area contributed by atoms with E-state index in [1.165, 1.54) is 6.07 Å². The number of methoxy groups -OCH3 is 1. The normalized spacial score (nSPS) is 12.8. The summed E-state index contributed by atoms with van der Waals surface area (Å²) >= 11 is 1.61. The van der Waals surface area contributed by atoms with Crippen LogP contribution < -0.4 is 5.73 Å². The van der Waals surface area contributed by atoms with Crippen LogP contribution in [0.4, 0.5) is 4.39 Å². The quantitative estimate of drug-likeness (QED) is 0.616. The lowest BCUT2D eigenvalue weighted by molar-refractivity contribution is 0.218. The third kappa shape index (κ3) is 4.12. The molecule has 90 valence electrons. The molecule has 0 radical (unpaired) electrons. The van der Waals surface area contributed by atoms with E-state index in [2.05, 4.69) is 0 Å². The van der Waals surface area contributed by atoms with Crippen LogP contribution >= 0.6 is 11.8 Å². The lowest BCUT2D eigenvalue weighted by atomic mass is 10.1. The third-order valence-electron chi connectivity index (χ3n) is 2.15. The first-order valence-corrected chi connectivity index (χ1v) is 6.28. The Hall–Kier alpha value is -0.580. The van der Waals surface area contributed by atoms with Gasteiger partial charge in [0, 0.05) is 29.4 Å². The van der Waals surface area contributed by atoms with Gasteiger partial charge >= 0.3 is 0 Å². The molecule has 16 heavy (non-hydrogen) atoms. The molecule has 0 fully saturated rings. The molecule has 0 aromatic heterocycles. The van der Waals surface area contributed by atoms with Crippen molar-refractivity contribution in [1.82, 2.24) is 0 Å². The zero-order chi connectivity index (χ0) is 12.0. The smallest absolute Gasteiger partial charge is 0.127 e. The summed E-state index contributed by atoms with van der Waals surface area (Å²) in [7, 11) is 1.66. The van der Waals surface area contributed by atoms with Crippen LogP contribution in [0.2, 0.25) is 0 Å². The standard InChI is InChI=1S/C12H18FNOS/c1-9(14)8-10-11(13)4-3-5-12(10)16-7-6-15-2/h3-5,9H,6-8,14H2,1-2H3. The average molecular weight is 243 g/mol. The van der Waals surface area contributed by atoms with Gasteiger partial charge in [0.2, 0.25) is 0 Å². The second-order valence-electron chi connectivity index (χ2n) is 3.74. The number of nitrogens with two attached hydrogens (primary N) is 1. The zero-order valence-corrected chi connectivity index (χ0v) is 10.5. The number of ether oxygens (including phenoxy) is 1. The first-order valence-electron chi connectivity index (χ1n) is 5.30. The van der Waals surface area contributed by atoms with Crippen molar-refractivity contribution in [3.63, 3.8) is 0 Å². The van der Waals surface area contributed by atoms with Crippen molar-refractivity contribution in [1.29, 1.82) is 0 Å². The van der Waals surface area contributed by atoms with E-state index in [1.54, 1.807) is 24.9 Å². The Balaban J connectivity index is 2.76. The second-order valence-corrected chi connectivity index (χ2v) is 4.88. The molecule has 0 amide bonds. The van der Waals surface area contributed by atoms with Gasteiger partial charge in [-0.2, -0.15) is 0 Å². The molecule has 0 saturated carbocycles. The number of hydrogen-bond acceptors (Lipinski definition) is 3. The lowest BCUT2D eigenvalue weighted by Gasteiger charge is -2.12. The van der Waals surface area contributed by atoms with Gasteiger partial charge in [-0.05, 0) is 25.5 Å². The van der Waals surface area contributed by atoms with Crippen molar-refractivity contribution in [3.8, 4) is 0 Å². The zero-order valence-electron chi connectivity index (χ0n) is 9.70. The lowest BCUT2D eigenvalue weighted by Crippen LogP contribution is -2.19. The van der Waals surface area contributed by atoms with Crippen LogP contribution in [-0.2, 0) is 11.2 Å². The first kappa shape index (κ1) is 13.5. The van der Waals surface area contributed by atoms with Crippen LogP contribution in [-0.4, -0.2) is 25.5 Å². The Morgan fingerprint density at radius 3 is 2.88 bits per heavy atom. The summed E-state index contributed by atoms with van der Waals surface area (Å²) in [5.74, 6) is 0.658. The van der Waals surface area contributed by atoms with E-state index in [1.807, 2.05) is 13.0 Å². The van der Waals surface area contributed by atoms with Crippen LogP contribution in [0.3, 0.4) is 0 Å². The van der Waals surface area contributed by atoms with Gasteiger partial charge in [-0.1, -0.05) is 6.07 Å². The van der Waals surface area contributed by atoms with Crippen molar-refractivity contribution in [3.05, 3.63) is 29.6 Å². The highest BCUT2D eigenvalue weighted by molar-refractivity contribution is 7.99. The Kier molecular flexibility index (Phi) is 5.80. The predicted octanol–water partition coefficient (Wildman–Crippen LogP) is 2.45. The van der Waals surface area contributed by atoms with Gasteiger partial charge in [0.05, 0.1) is 6.61 Å². The molecule has 0 aliphatic rings. The highest BCUT2D eigenvalue weighted by atomic mass is 32.2. The molecule has 0 aliphatic heterocycles. The molecule has 1 atom stereocenters. The van der Waals surface area contributed by atoms with Crippen molar-refractivity contribution in [2.45, 2.75) is 24.3 Å². The molecule has 1 aromatic carbocycles. The maximum absolute atomic E-state index is 13.6. The molecule has 2 N–H and O–H groups in total. The van der Waals surface area contributed by atoms with Crippen LogP contribution in [0.25, 0.3) is 0 Å². The Morgan fingerprint density at radius 2 is 2.25 bits per heavy atom. The molecule has 1 rings (SSSR count). The Bertz CT molecular complexity index is 331. The Labute approximate surface area is 100 Å². The molecule has 0 aliphatic carbocycles. The van der Waals surface area contributed by atoms with Gasteiger partial charge in [0.25, 0.3) is 0 Å². The van der Waals surface area contributed by atoms with Crippen molar-refractivity contribution >= 4 is 11.8 Å². The molecule has 0 heterocycles. The average Bonchev–Trinajstić information content (AvgIpc) is 2.23. The highest BCUT2D eigenvalue weighted by Crippen LogP contribution is 2.25. The third-order valence-corrected chi connectivity index (χ3v) is 3.21. The molecule has 1 unspecified atom stereocenters. The van der Waals surface area contributed by atoms with E-state index in [-0.39, 0.29) is 11.9 Å². The highest BCUT2D eigenvalue weighted by Gasteiger charge is 2.10. The van der Waals surface area contributed by atoms with Crippen molar-refractivity contribution < 1.29 is 9.13 Å². The van der Waals surface area contributed by atoms with Gasteiger partial charge < -0.3 is 10.5 Å². The largest absolute Gasteiger partial charge is 0.384 e. The summed E-state index contributed by atoms with van der Waals surface area (Å²) in [4.78, 5) is 0.967. The number of benzene rings is 1.